The van der Waals surface area contributed by atoms with Crippen molar-refractivity contribution in [3.63, 3.8) is 0 Å². The number of imidazole rings is 1. The van der Waals surface area contributed by atoms with Gasteiger partial charge in [-0.1, -0.05) is 0 Å². The molecule has 0 fully saturated rings. The minimum absolute atomic E-state index is 0.118. The number of aromatic nitrogens is 2. The molecule has 0 aliphatic heterocycles. The SMILES string of the molecule is CC(C)(C)n1cncc1/C=C/[N+](=O)[O-]. The predicted octanol–water partition coefficient (Wildman–Crippen LogP) is 1.89. The van der Waals surface area contributed by atoms with E-state index in [0.717, 1.165) is 11.9 Å². The Bertz CT molecular complexity index is 360. The van der Waals surface area contributed by atoms with E-state index >= 15 is 0 Å². The summed E-state index contributed by atoms with van der Waals surface area (Å²) in [6, 6.07) is 0. The average Bonchev–Trinajstić information content (AvgIpc) is 2.46. The van der Waals surface area contributed by atoms with E-state index in [1.54, 1.807) is 12.5 Å². The van der Waals surface area contributed by atoms with E-state index in [2.05, 4.69) is 4.98 Å². The highest BCUT2D eigenvalue weighted by atomic mass is 16.6. The van der Waals surface area contributed by atoms with Crippen LogP contribution in [0.1, 0.15) is 26.5 Å². The van der Waals surface area contributed by atoms with Gasteiger partial charge in [-0.05, 0) is 20.8 Å². The molecule has 0 N–H and O–H groups in total. The molecule has 0 unspecified atom stereocenters. The second kappa shape index (κ2) is 3.61. The monoisotopic (exact) mass is 195 g/mol. The summed E-state index contributed by atoms with van der Waals surface area (Å²) >= 11 is 0. The third-order valence-electron chi connectivity index (χ3n) is 1.76. The van der Waals surface area contributed by atoms with E-state index in [1.807, 2.05) is 25.3 Å². The Morgan fingerprint density at radius 2 is 2.21 bits per heavy atom. The molecule has 0 saturated carbocycles. The minimum atomic E-state index is -0.486. The third-order valence-corrected chi connectivity index (χ3v) is 1.76. The largest absolute Gasteiger partial charge is 0.326 e. The molecule has 0 amide bonds. The molecule has 1 rings (SSSR count). The molecule has 0 atom stereocenters. The quantitative estimate of drug-likeness (QED) is 0.534. The van der Waals surface area contributed by atoms with Crippen LogP contribution in [0.5, 0.6) is 0 Å². The van der Waals surface area contributed by atoms with Crippen molar-refractivity contribution in [2.75, 3.05) is 0 Å². The number of nitro groups is 1. The molecule has 0 saturated heterocycles. The molecule has 1 aromatic heterocycles. The summed E-state index contributed by atoms with van der Waals surface area (Å²) in [4.78, 5) is 13.6. The zero-order chi connectivity index (χ0) is 10.8. The second-order valence-electron chi connectivity index (χ2n) is 3.96. The first-order valence-corrected chi connectivity index (χ1v) is 4.26. The van der Waals surface area contributed by atoms with Crippen LogP contribution in [0.2, 0.25) is 0 Å². The van der Waals surface area contributed by atoms with Crippen LogP contribution in [-0.2, 0) is 5.54 Å². The summed E-state index contributed by atoms with van der Waals surface area (Å²) in [5.41, 5.74) is 0.612. The normalized spacial score (nSPS) is 12.2. The number of nitrogens with zero attached hydrogens (tertiary/aromatic N) is 3. The van der Waals surface area contributed by atoms with Crippen molar-refractivity contribution in [2.45, 2.75) is 26.3 Å². The fourth-order valence-corrected chi connectivity index (χ4v) is 1.13. The molecule has 76 valence electrons. The van der Waals surface area contributed by atoms with Gasteiger partial charge >= 0.3 is 0 Å². The van der Waals surface area contributed by atoms with E-state index in [1.165, 1.54) is 6.08 Å². The fraction of sp³-hybridized carbons (Fsp3) is 0.444. The van der Waals surface area contributed by atoms with Gasteiger partial charge in [0.2, 0.25) is 6.20 Å². The van der Waals surface area contributed by atoms with Gasteiger partial charge in [-0.25, -0.2) is 4.98 Å². The van der Waals surface area contributed by atoms with Gasteiger partial charge in [0.25, 0.3) is 0 Å². The Morgan fingerprint density at radius 1 is 1.57 bits per heavy atom. The van der Waals surface area contributed by atoms with Crippen LogP contribution in [0, 0.1) is 10.1 Å². The van der Waals surface area contributed by atoms with Crippen LogP contribution in [0.3, 0.4) is 0 Å². The molecule has 5 nitrogen and oxygen atoms in total. The zero-order valence-corrected chi connectivity index (χ0v) is 8.47. The maximum Gasteiger partial charge on any atom is 0.236 e. The zero-order valence-electron chi connectivity index (χ0n) is 8.47. The van der Waals surface area contributed by atoms with Crippen molar-refractivity contribution in [1.82, 2.24) is 9.55 Å². The highest BCUT2D eigenvalue weighted by molar-refractivity contribution is 5.42. The van der Waals surface area contributed by atoms with Crippen molar-refractivity contribution in [3.05, 3.63) is 34.5 Å². The lowest BCUT2D eigenvalue weighted by molar-refractivity contribution is -0.401. The third kappa shape index (κ3) is 2.42. The van der Waals surface area contributed by atoms with Gasteiger partial charge in [0.15, 0.2) is 0 Å². The molecule has 0 aromatic carbocycles. The first-order valence-electron chi connectivity index (χ1n) is 4.26. The lowest BCUT2D eigenvalue weighted by Gasteiger charge is -2.22. The van der Waals surface area contributed by atoms with E-state index < -0.39 is 4.92 Å². The van der Waals surface area contributed by atoms with E-state index in [0.29, 0.717) is 0 Å². The van der Waals surface area contributed by atoms with Crippen LogP contribution in [0.25, 0.3) is 6.08 Å². The molecule has 1 aromatic rings. The van der Waals surface area contributed by atoms with Gasteiger partial charge in [-0.15, -0.1) is 0 Å². The number of hydrogen-bond donors (Lipinski definition) is 0. The van der Waals surface area contributed by atoms with Crippen molar-refractivity contribution < 1.29 is 4.92 Å². The first kappa shape index (κ1) is 10.4. The Balaban J connectivity index is 3.00. The second-order valence-corrected chi connectivity index (χ2v) is 3.96. The van der Waals surface area contributed by atoms with Gasteiger partial charge in [-0.2, -0.15) is 0 Å². The molecule has 1 heterocycles. The Morgan fingerprint density at radius 3 is 2.71 bits per heavy atom. The van der Waals surface area contributed by atoms with Crippen LogP contribution < -0.4 is 0 Å². The van der Waals surface area contributed by atoms with Crippen LogP contribution in [0.15, 0.2) is 18.7 Å². The topological polar surface area (TPSA) is 61.0 Å². The highest BCUT2D eigenvalue weighted by Gasteiger charge is 2.14. The van der Waals surface area contributed by atoms with E-state index in [-0.39, 0.29) is 5.54 Å². The summed E-state index contributed by atoms with van der Waals surface area (Å²) in [6.45, 7) is 6.04. The Hall–Kier alpha value is -1.65. The molecule has 0 aliphatic rings. The van der Waals surface area contributed by atoms with Gasteiger partial charge in [0, 0.05) is 11.6 Å². The summed E-state index contributed by atoms with van der Waals surface area (Å²) in [5.74, 6) is 0. The van der Waals surface area contributed by atoms with Crippen molar-refractivity contribution in [1.29, 1.82) is 0 Å². The van der Waals surface area contributed by atoms with Gasteiger partial charge < -0.3 is 4.57 Å². The molecular weight excluding hydrogens is 182 g/mol. The molecule has 5 heteroatoms. The summed E-state index contributed by atoms with van der Waals surface area (Å²) < 4.78 is 1.88. The standard InChI is InChI=1S/C9H13N3O2/c1-9(2,3)11-7-10-6-8(11)4-5-12(13)14/h4-7H,1-3H3/b5-4+. The minimum Gasteiger partial charge on any atom is -0.326 e. The van der Waals surface area contributed by atoms with Gasteiger partial charge in [0.1, 0.15) is 0 Å². The van der Waals surface area contributed by atoms with Crippen LogP contribution in [0.4, 0.5) is 0 Å². The van der Waals surface area contributed by atoms with Gasteiger partial charge in [-0.3, -0.25) is 10.1 Å². The predicted molar refractivity (Wildman–Crippen MR) is 53.3 cm³/mol. The summed E-state index contributed by atoms with van der Waals surface area (Å²) in [7, 11) is 0. The average molecular weight is 195 g/mol. The molecule has 0 radical (unpaired) electrons. The smallest absolute Gasteiger partial charge is 0.236 e. The van der Waals surface area contributed by atoms with Crippen molar-refractivity contribution in [3.8, 4) is 0 Å². The Kier molecular flexibility index (Phi) is 2.69. The highest BCUT2D eigenvalue weighted by Crippen LogP contribution is 2.17. The summed E-state index contributed by atoms with van der Waals surface area (Å²) in [6.07, 6.45) is 5.63. The van der Waals surface area contributed by atoms with Crippen molar-refractivity contribution in [2.24, 2.45) is 0 Å². The number of rotatable bonds is 2. The lowest BCUT2D eigenvalue weighted by Crippen LogP contribution is -2.21. The van der Waals surface area contributed by atoms with E-state index in [9.17, 15) is 10.1 Å². The van der Waals surface area contributed by atoms with Crippen molar-refractivity contribution >= 4 is 6.08 Å². The van der Waals surface area contributed by atoms with Crippen LogP contribution >= 0.6 is 0 Å². The molecule has 0 bridgehead atoms. The molecule has 14 heavy (non-hydrogen) atoms. The lowest BCUT2D eigenvalue weighted by atomic mass is 10.1. The molecular formula is C9H13N3O2. The van der Waals surface area contributed by atoms with Crippen LogP contribution in [-0.4, -0.2) is 14.5 Å². The molecule has 0 spiro atoms. The number of hydrogen-bond acceptors (Lipinski definition) is 3. The first-order chi connectivity index (χ1) is 6.41. The van der Waals surface area contributed by atoms with Gasteiger partial charge in [0.05, 0.1) is 23.1 Å². The fourth-order valence-electron chi connectivity index (χ4n) is 1.13. The maximum absolute atomic E-state index is 10.1. The summed E-state index contributed by atoms with van der Waals surface area (Å²) in [5, 5.41) is 10.1. The maximum atomic E-state index is 10.1. The Labute approximate surface area is 82.2 Å². The van der Waals surface area contributed by atoms with E-state index in [4.69, 9.17) is 0 Å². The molecule has 0 aliphatic carbocycles.